The van der Waals surface area contributed by atoms with Gasteiger partial charge in [-0.1, -0.05) is 24.3 Å². The smallest absolute Gasteiger partial charge is 0.254 e. The first-order valence-corrected chi connectivity index (χ1v) is 12.3. The summed E-state index contributed by atoms with van der Waals surface area (Å²) in [6, 6.07) is 17.1. The molecule has 8 nitrogen and oxygen atoms in total. The Morgan fingerprint density at radius 2 is 1.83 bits per heavy atom. The van der Waals surface area contributed by atoms with Gasteiger partial charge in [0.15, 0.2) is 0 Å². The van der Waals surface area contributed by atoms with Crippen LogP contribution in [-0.4, -0.2) is 77.2 Å². The van der Waals surface area contributed by atoms with E-state index < -0.39 is 6.04 Å². The minimum Gasteiger partial charge on any atom is -0.371 e. The predicted molar refractivity (Wildman–Crippen MR) is 137 cm³/mol. The highest BCUT2D eigenvalue weighted by Gasteiger charge is 2.33. The molecule has 2 aromatic carbocycles. The average Bonchev–Trinajstić information content (AvgIpc) is 3.59. The second-order valence-electron chi connectivity index (χ2n) is 9.34. The molecule has 8 heteroatoms. The minimum absolute atomic E-state index is 0.0466. The summed E-state index contributed by atoms with van der Waals surface area (Å²) < 4.78 is 1.81. The second kappa shape index (κ2) is 10.3. The van der Waals surface area contributed by atoms with Crippen molar-refractivity contribution >= 4 is 23.2 Å². The van der Waals surface area contributed by atoms with Crippen molar-refractivity contribution < 1.29 is 9.59 Å². The van der Waals surface area contributed by atoms with Crippen LogP contribution in [-0.2, 0) is 11.3 Å². The van der Waals surface area contributed by atoms with E-state index in [0.717, 1.165) is 30.0 Å². The molecule has 182 valence electrons. The van der Waals surface area contributed by atoms with E-state index in [2.05, 4.69) is 21.4 Å². The van der Waals surface area contributed by atoms with Crippen LogP contribution >= 0.6 is 0 Å². The van der Waals surface area contributed by atoms with Crippen molar-refractivity contribution in [2.45, 2.75) is 25.4 Å². The van der Waals surface area contributed by atoms with Crippen LogP contribution < -0.4 is 10.2 Å². The van der Waals surface area contributed by atoms with Gasteiger partial charge in [-0.3, -0.25) is 19.2 Å². The SMILES string of the molecule is CN1CCN(C(=O)c2ccccc2Cn2cccn2)CC1C(=O)Nc1cccc(N2CCCC2)c1. The number of carbonyl (C=O) groups is 2. The summed E-state index contributed by atoms with van der Waals surface area (Å²) in [7, 11) is 1.94. The fourth-order valence-corrected chi connectivity index (χ4v) is 4.93. The molecule has 3 heterocycles. The number of carbonyl (C=O) groups excluding carboxylic acids is 2. The number of hydrogen-bond donors (Lipinski definition) is 1. The van der Waals surface area contributed by atoms with Crippen molar-refractivity contribution in [2.75, 3.05) is 50.0 Å². The monoisotopic (exact) mass is 472 g/mol. The Labute approximate surface area is 206 Å². The van der Waals surface area contributed by atoms with Crippen molar-refractivity contribution in [3.05, 3.63) is 78.1 Å². The lowest BCUT2D eigenvalue weighted by Gasteiger charge is -2.38. The maximum absolute atomic E-state index is 13.5. The van der Waals surface area contributed by atoms with E-state index in [4.69, 9.17) is 0 Å². The minimum atomic E-state index is -0.415. The molecular formula is C27H32N6O2. The van der Waals surface area contributed by atoms with Gasteiger partial charge in [-0.25, -0.2) is 0 Å². The Morgan fingerprint density at radius 1 is 1.00 bits per heavy atom. The zero-order chi connectivity index (χ0) is 24.2. The normalized spacial score (nSPS) is 18.6. The van der Waals surface area contributed by atoms with Crippen molar-refractivity contribution in [1.29, 1.82) is 0 Å². The van der Waals surface area contributed by atoms with Gasteiger partial charge in [0.05, 0.1) is 6.54 Å². The molecule has 2 aliphatic rings. The molecule has 5 rings (SSSR count). The molecule has 3 aromatic rings. The highest BCUT2D eigenvalue weighted by molar-refractivity contribution is 5.98. The van der Waals surface area contributed by atoms with Crippen LogP contribution in [0.15, 0.2) is 67.0 Å². The zero-order valence-corrected chi connectivity index (χ0v) is 20.1. The molecule has 0 radical (unpaired) electrons. The molecule has 2 saturated heterocycles. The molecule has 1 atom stereocenters. The first-order valence-electron chi connectivity index (χ1n) is 12.3. The van der Waals surface area contributed by atoms with Gasteiger partial charge in [0, 0.05) is 62.1 Å². The van der Waals surface area contributed by atoms with E-state index in [0.29, 0.717) is 31.7 Å². The predicted octanol–water partition coefficient (Wildman–Crippen LogP) is 2.93. The Bertz CT molecular complexity index is 1170. The van der Waals surface area contributed by atoms with E-state index in [1.807, 2.05) is 71.4 Å². The van der Waals surface area contributed by atoms with E-state index in [9.17, 15) is 9.59 Å². The molecule has 2 amide bonds. The van der Waals surface area contributed by atoms with Crippen molar-refractivity contribution in [2.24, 2.45) is 0 Å². The number of amides is 2. The maximum Gasteiger partial charge on any atom is 0.254 e. The van der Waals surface area contributed by atoms with Gasteiger partial charge < -0.3 is 15.1 Å². The van der Waals surface area contributed by atoms with Crippen LogP contribution in [0.2, 0.25) is 0 Å². The molecule has 0 aliphatic carbocycles. The Kier molecular flexibility index (Phi) is 6.81. The van der Waals surface area contributed by atoms with E-state index in [1.54, 1.807) is 11.1 Å². The van der Waals surface area contributed by atoms with Crippen molar-refractivity contribution in [1.82, 2.24) is 19.6 Å². The molecule has 2 aliphatic heterocycles. The van der Waals surface area contributed by atoms with Gasteiger partial charge in [0.2, 0.25) is 5.91 Å². The number of anilines is 2. The Balaban J connectivity index is 1.28. The largest absolute Gasteiger partial charge is 0.371 e. The van der Waals surface area contributed by atoms with E-state index >= 15 is 0 Å². The quantitative estimate of drug-likeness (QED) is 0.597. The van der Waals surface area contributed by atoms with Crippen LogP contribution in [0.25, 0.3) is 0 Å². The number of nitrogens with zero attached hydrogens (tertiary/aromatic N) is 5. The summed E-state index contributed by atoms with van der Waals surface area (Å²) in [5.41, 5.74) is 3.51. The summed E-state index contributed by atoms with van der Waals surface area (Å²) >= 11 is 0. The lowest BCUT2D eigenvalue weighted by Crippen LogP contribution is -2.57. The summed E-state index contributed by atoms with van der Waals surface area (Å²) in [6.07, 6.45) is 6.03. The molecule has 0 bridgehead atoms. The molecule has 0 saturated carbocycles. The Hall–Kier alpha value is -3.65. The number of rotatable bonds is 6. The van der Waals surface area contributed by atoms with Gasteiger partial charge in [0.25, 0.3) is 5.91 Å². The van der Waals surface area contributed by atoms with E-state index in [1.165, 1.54) is 12.8 Å². The second-order valence-corrected chi connectivity index (χ2v) is 9.34. The topological polar surface area (TPSA) is 73.7 Å². The van der Waals surface area contributed by atoms with Gasteiger partial charge in [-0.15, -0.1) is 0 Å². The number of nitrogens with one attached hydrogen (secondary N) is 1. The molecule has 0 spiro atoms. The Morgan fingerprint density at radius 3 is 2.63 bits per heavy atom. The van der Waals surface area contributed by atoms with Gasteiger partial charge in [0.1, 0.15) is 6.04 Å². The fourth-order valence-electron chi connectivity index (χ4n) is 4.93. The first kappa shape index (κ1) is 23.1. The van der Waals surface area contributed by atoms with Gasteiger partial charge in [-0.2, -0.15) is 5.10 Å². The first-order chi connectivity index (χ1) is 17.1. The lowest BCUT2D eigenvalue weighted by atomic mass is 10.0. The van der Waals surface area contributed by atoms with Gasteiger partial charge >= 0.3 is 0 Å². The standard InChI is InChI=1S/C27H32N6O2/c1-30-16-17-32(27(35)24-11-3-2-8-21(24)19-33-15-7-12-28-33)20-25(30)26(34)29-22-9-6-10-23(18-22)31-13-4-5-14-31/h2-3,6-12,15,18,25H,4-5,13-14,16-17,19-20H2,1H3,(H,29,34). The third kappa shape index (κ3) is 5.22. The third-order valence-electron chi connectivity index (χ3n) is 6.96. The molecule has 35 heavy (non-hydrogen) atoms. The number of hydrogen-bond acceptors (Lipinski definition) is 5. The fraction of sp³-hybridized carbons (Fsp3) is 0.370. The van der Waals surface area contributed by atoms with Crippen molar-refractivity contribution in [3.8, 4) is 0 Å². The molecule has 1 aromatic heterocycles. The molecule has 2 fully saturated rings. The zero-order valence-electron chi connectivity index (χ0n) is 20.1. The number of aromatic nitrogens is 2. The van der Waals surface area contributed by atoms with Crippen LogP contribution in [0.3, 0.4) is 0 Å². The third-order valence-corrected chi connectivity index (χ3v) is 6.96. The van der Waals surface area contributed by atoms with Crippen LogP contribution in [0.1, 0.15) is 28.8 Å². The summed E-state index contributed by atoms with van der Waals surface area (Å²) in [5.74, 6) is -0.136. The summed E-state index contributed by atoms with van der Waals surface area (Å²) in [6.45, 7) is 4.21. The highest BCUT2D eigenvalue weighted by atomic mass is 16.2. The van der Waals surface area contributed by atoms with Crippen molar-refractivity contribution in [3.63, 3.8) is 0 Å². The lowest BCUT2D eigenvalue weighted by molar-refractivity contribution is -0.122. The van der Waals surface area contributed by atoms with Gasteiger partial charge in [-0.05, 0) is 55.8 Å². The average molecular weight is 473 g/mol. The maximum atomic E-state index is 13.5. The van der Waals surface area contributed by atoms with Crippen LogP contribution in [0, 0.1) is 0 Å². The number of piperazine rings is 1. The summed E-state index contributed by atoms with van der Waals surface area (Å²) in [4.78, 5) is 33.0. The number of likely N-dealkylation sites (N-methyl/N-ethyl adjacent to an activating group) is 1. The van der Waals surface area contributed by atoms with Crippen LogP contribution in [0.4, 0.5) is 11.4 Å². The molecular weight excluding hydrogens is 440 g/mol. The molecule has 1 unspecified atom stereocenters. The van der Waals surface area contributed by atoms with E-state index in [-0.39, 0.29) is 11.8 Å². The van der Waals surface area contributed by atoms with Crippen LogP contribution in [0.5, 0.6) is 0 Å². The molecule has 1 N–H and O–H groups in total. The summed E-state index contributed by atoms with van der Waals surface area (Å²) in [5, 5.41) is 7.36. The highest BCUT2D eigenvalue weighted by Crippen LogP contribution is 2.24. The number of benzene rings is 2.